The number of aliphatic carboxylic acids is 1. The number of unbranched alkanes of at least 4 members (excludes halogenated alkanes) is 1. The maximum atomic E-state index is 11.5. The van der Waals surface area contributed by atoms with Crippen molar-refractivity contribution in [2.75, 3.05) is 13.1 Å². The van der Waals surface area contributed by atoms with Crippen molar-refractivity contribution in [3.63, 3.8) is 0 Å². The van der Waals surface area contributed by atoms with Gasteiger partial charge in [0.25, 0.3) is 0 Å². The highest BCUT2D eigenvalue weighted by Crippen LogP contribution is 2.07. The Hall–Kier alpha value is -2.00. The lowest BCUT2D eigenvalue weighted by atomic mass is 10.0. The molecule has 0 aromatic heterocycles. The Labute approximate surface area is 121 Å². The van der Waals surface area contributed by atoms with Crippen molar-refractivity contribution in [3.8, 4) is 0 Å². The highest BCUT2D eigenvalue weighted by molar-refractivity contribution is 6.16. The third-order valence-electron chi connectivity index (χ3n) is 3.18. The predicted molar refractivity (Wildman–Crippen MR) is 72.1 cm³/mol. The number of nitrogens with one attached hydrogen (secondary N) is 3. The molecular formula is C12H20N4O5. The summed E-state index contributed by atoms with van der Waals surface area (Å²) in [5.74, 6) is -3.31. The van der Waals surface area contributed by atoms with E-state index in [-0.39, 0.29) is 13.0 Å². The molecule has 6 N–H and O–H groups in total. The highest BCUT2D eigenvalue weighted by atomic mass is 16.4. The van der Waals surface area contributed by atoms with Crippen LogP contribution in [0, 0.1) is 5.92 Å². The van der Waals surface area contributed by atoms with Crippen LogP contribution in [0.4, 0.5) is 4.79 Å². The van der Waals surface area contributed by atoms with Crippen molar-refractivity contribution in [2.24, 2.45) is 11.7 Å². The number of nitrogens with two attached hydrogens (primary N) is 1. The van der Waals surface area contributed by atoms with Gasteiger partial charge in [-0.3, -0.25) is 25.0 Å². The molecule has 1 saturated heterocycles. The van der Waals surface area contributed by atoms with Crippen LogP contribution in [0.25, 0.3) is 0 Å². The molecule has 1 unspecified atom stereocenters. The fourth-order valence-corrected chi connectivity index (χ4v) is 2.02. The van der Waals surface area contributed by atoms with E-state index in [0.717, 1.165) is 6.42 Å². The summed E-state index contributed by atoms with van der Waals surface area (Å²) in [5.41, 5.74) is 5.35. The van der Waals surface area contributed by atoms with E-state index in [1.54, 1.807) is 0 Å². The number of hydrogen-bond donors (Lipinski definition) is 5. The molecular weight excluding hydrogens is 280 g/mol. The van der Waals surface area contributed by atoms with E-state index < -0.39 is 35.8 Å². The molecule has 0 aromatic carbocycles. The maximum absolute atomic E-state index is 11.5. The van der Waals surface area contributed by atoms with E-state index in [1.165, 1.54) is 0 Å². The van der Waals surface area contributed by atoms with Crippen LogP contribution < -0.4 is 21.7 Å². The minimum atomic E-state index is -0.992. The summed E-state index contributed by atoms with van der Waals surface area (Å²) in [6, 6.07) is -1.58. The van der Waals surface area contributed by atoms with Crippen LogP contribution in [0.5, 0.6) is 0 Å². The van der Waals surface area contributed by atoms with Gasteiger partial charge in [0.2, 0.25) is 11.8 Å². The number of carbonyl (C=O) groups is 4. The molecule has 4 amide bonds. The highest BCUT2D eigenvalue weighted by Gasteiger charge is 2.33. The Bertz CT molecular complexity index is 406. The van der Waals surface area contributed by atoms with E-state index >= 15 is 0 Å². The van der Waals surface area contributed by atoms with Gasteiger partial charge in [-0.15, -0.1) is 0 Å². The number of urea groups is 1. The lowest BCUT2D eigenvalue weighted by Gasteiger charge is -2.21. The summed E-state index contributed by atoms with van der Waals surface area (Å²) in [6.45, 7) is 0.683. The van der Waals surface area contributed by atoms with Gasteiger partial charge < -0.3 is 16.2 Å². The van der Waals surface area contributed by atoms with Gasteiger partial charge in [0.1, 0.15) is 12.0 Å². The van der Waals surface area contributed by atoms with Crippen molar-refractivity contribution in [2.45, 2.75) is 31.7 Å². The first-order chi connectivity index (χ1) is 9.95. The maximum Gasteiger partial charge on any atom is 0.328 e. The number of hydrogen-bond acceptors (Lipinski definition) is 6. The van der Waals surface area contributed by atoms with Gasteiger partial charge in [-0.1, -0.05) is 6.42 Å². The third-order valence-corrected chi connectivity index (χ3v) is 3.18. The Kier molecular flexibility index (Phi) is 6.76. The van der Waals surface area contributed by atoms with Crippen LogP contribution in [0.3, 0.4) is 0 Å². The Balaban J connectivity index is 2.39. The van der Waals surface area contributed by atoms with Crippen LogP contribution in [0.1, 0.15) is 25.7 Å². The predicted octanol–water partition coefficient (Wildman–Crippen LogP) is -1.47. The van der Waals surface area contributed by atoms with E-state index in [2.05, 4.69) is 5.32 Å². The SMILES string of the molecule is NCCCCC(NCCC1C(=O)NC(=O)NC1=O)C(=O)O. The number of carboxylic acids is 1. The summed E-state index contributed by atoms with van der Waals surface area (Å²) in [5, 5.41) is 15.8. The molecule has 0 spiro atoms. The number of barbiturate groups is 1. The topological polar surface area (TPSA) is 151 Å². The van der Waals surface area contributed by atoms with E-state index in [4.69, 9.17) is 10.8 Å². The van der Waals surface area contributed by atoms with Crippen LogP contribution in [-0.4, -0.2) is 48.1 Å². The third kappa shape index (κ3) is 5.48. The number of carbonyl (C=O) groups excluding carboxylic acids is 3. The summed E-state index contributed by atoms with van der Waals surface area (Å²) in [7, 11) is 0. The Morgan fingerprint density at radius 1 is 1.24 bits per heavy atom. The van der Waals surface area contributed by atoms with Crippen molar-refractivity contribution < 1.29 is 24.3 Å². The fraction of sp³-hybridized carbons (Fsp3) is 0.667. The van der Waals surface area contributed by atoms with Gasteiger partial charge >= 0.3 is 12.0 Å². The molecule has 1 atom stereocenters. The molecule has 1 aliphatic rings. The Morgan fingerprint density at radius 2 is 1.86 bits per heavy atom. The first-order valence-electron chi connectivity index (χ1n) is 6.77. The zero-order valence-corrected chi connectivity index (χ0v) is 11.6. The van der Waals surface area contributed by atoms with Gasteiger partial charge in [-0.05, 0) is 32.4 Å². The van der Waals surface area contributed by atoms with Crippen molar-refractivity contribution in [1.82, 2.24) is 16.0 Å². The molecule has 1 aliphatic heterocycles. The van der Waals surface area contributed by atoms with E-state index in [1.807, 2.05) is 10.6 Å². The second kappa shape index (κ2) is 8.32. The van der Waals surface area contributed by atoms with Crippen molar-refractivity contribution >= 4 is 23.8 Å². The zero-order chi connectivity index (χ0) is 15.8. The quantitative estimate of drug-likeness (QED) is 0.257. The number of imide groups is 2. The van der Waals surface area contributed by atoms with Gasteiger partial charge in [0.15, 0.2) is 0 Å². The average Bonchev–Trinajstić information content (AvgIpc) is 2.39. The molecule has 9 nitrogen and oxygen atoms in total. The van der Waals surface area contributed by atoms with Gasteiger partial charge in [-0.25, -0.2) is 4.79 Å². The molecule has 9 heteroatoms. The van der Waals surface area contributed by atoms with Crippen molar-refractivity contribution in [3.05, 3.63) is 0 Å². The number of rotatable bonds is 9. The number of carboxylic acid groups (broad SMARTS) is 1. The van der Waals surface area contributed by atoms with Crippen molar-refractivity contribution in [1.29, 1.82) is 0 Å². The summed E-state index contributed by atoms with van der Waals surface area (Å²) in [4.78, 5) is 44.9. The normalized spacial score (nSPS) is 17.3. The molecule has 0 aromatic rings. The minimum Gasteiger partial charge on any atom is -0.480 e. The molecule has 1 fully saturated rings. The van der Waals surface area contributed by atoms with Gasteiger partial charge in [0.05, 0.1) is 0 Å². The molecule has 21 heavy (non-hydrogen) atoms. The first-order valence-corrected chi connectivity index (χ1v) is 6.77. The first kappa shape index (κ1) is 17.1. The van der Waals surface area contributed by atoms with E-state index in [0.29, 0.717) is 19.4 Å². The monoisotopic (exact) mass is 300 g/mol. The number of amides is 4. The summed E-state index contributed by atoms with van der Waals surface area (Å²) >= 11 is 0. The summed E-state index contributed by atoms with van der Waals surface area (Å²) in [6.07, 6.45) is 1.96. The molecule has 0 bridgehead atoms. The average molecular weight is 300 g/mol. The van der Waals surface area contributed by atoms with Crippen LogP contribution in [0.2, 0.25) is 0 Å². The lowest BCUT2D eigenvalue weighted by Crippen LogP contribution is -2.56. The van der Waals surface area contributed by atoms with Gasteiger partial charge in [-0.2, -0.15) is 0 Å². The molecule has 1 rings (SSSR count). The second-order valence-corrected chi connectivity index (χ2v) is 4.78. The zero-order valence-electron chi connectivity index (χ0n) is 11.6. The minimum absolute atomic E-state index is 0.117. The van der Waals surface area contributed by atoms with Crippen LogP contribution in [-0.2, 0) is 14.4 Å². The molecule has 0 aliphatic carbocycles. The largest absolute Gasteiger partial charge is 0.480 e. The fourth-order valence-electron chi connectivity index (χ4n) is 2.02. The molecule has 1 heterocycles. The lowest BCUT2D eigenvalue weighted by molar-refractivity contribution is -0.139. The molecule has 0 radical (unpaired) electrons. The molecule has 0 saturated carbocycles. The van der Waals surface area contributed by atoms with Gasteiger partial charge in [0, 0.05) is 0 Å². The van der Waals surface area contributed by atoms with E-state index in [9.17, 15) is 19.2 Å². The van der Waals surface area contributed by atoms with Crippen LogP contribution >= 0.6 is 0 Å². The standard InChI is InChI=1S/C12H20N4O5/c13-5-2-1-3-8(11(19)20)14-6-4-7-9(17)15-12(21)16-10(7)18/h7-8,14H,1-6,13H2,(H,19,20)(H2,15,16,17,18,21). The smallest absolute Gasteiger partial charge is 0.328 e. The second-order valence-electron chi connectivity index (χ2n) is 4.78. The molecule has 118 valence electrons. The Morgan fingerprint density at radius 3 is 2.38 bits per heavy atom. The van der Waals surface area contributed by atoms with Crippen LogP contribution in [0.15, 0.2) is 0 Å². The summed E-state index contributed by atoms with van der Waals surface area (Å²) < 4.78 is 0.